The second kappa shape index (κ2) is 3.07. The summed E-state index contributed by atoms with van der Waals surface area (Å²) in [6, 6.07) is 0. The Morgan fingerprint density at radius 3 is 3.00 bits per heavy atom. The summed E-state index contributed by atoms with van der Waals surface area (Å²) in [6.45, 7) is 2.62. The minimum atomic E-state index is 0.144. The van der Waals surface area contributed by atoms with Crippen LogP contribution < -0.4 is 5.73 Å². The van der Waals surface area contributed by atoms with Crippen molar-refractivity contribution in [2.24, 2.45) is 0 Å². The maximum Gasteiger partial charge on any atom is 0.248 e. The van der Waals surface area contributed by atoms with E-state index in [2.05, 4.69) is 22.2 Å². The van der Waals surface area contributed by atoms with Gasteiger partial charge in [0, 0.05) is 11.6 Å². The van der Waals surface area contributed by atoms with Gasteiger partial charge < -0.3 is 10.3 Å². The average molecular weight is 219 g/mol. The minimum Gasteiger partial charge on any atom is -0.396 e. The Kier molecular flexibility index (Phi) is 1.80. The van der Waals surface area contributed by atoms with E-state index < -0.39 is 0 Å². The largest absolute Gasteiger partial charge is 0.396 e. The van der Waals surface area contributed by atoms with Crippen LogP contribution in [0.5, 0.6) is 0 Å². The quantitative estimate of drug-likeness (QED) is 0.830. The average Bonchev–Trinajstić information content (AvgIpc) is 2.68. The fourth-order valence-electron chi connectivity index (χ4n) is 1.58. The van der Waals surface area contributed by atoms with Crippen molar-refractivity contribution in [3.05, 3.63) is 24.1 Å². The normalized spacial score (nSPS) is 17.6. The lowest BCUT2D eigenvalue weighted by Gasteiger charge is -1.97. The topological polar surface area (TPSA) is 82.8 Å². The Morgan fingerprint density at radius 1 is 1.56 bits per heavy atom. The maximum atomic E-state index is 5.57. The second-order valence-electron chi connectivity index (χ2n) is 4.54. The van der Waals surface area contributed by atoms with Crippen LogP contribution in [0.25, 0.3) is 0 Å². The van der Waals surface area contributed by atoms with E-state index in [9.17, 15) is 0 Å². The fraction of sp³-hybridized carbons (Fsp3) is 0.500. The van der Waals surface area contributed by atoms with Crippen molar-refractivity contribution in [2.75, 3.05) is 5.73 Å². The van der Waals surface area contributed by atoms with Gasteiger partial charge in [0.15, 0.2) is 5.82 Å². The van der Waals surface area contributed by atoms with E-state index in [1.807, 2.05) is 0 Å². The zero-order chi connectivity index (χ0) is 11.2. The van der Waals surface area contributed by atoms with Crippen LogP contribution in [0.15, 0.2) is 16.9 Å². The van der Waals surface area contributed by atoms with E-state index in [1.54, 1.807) is 17.1 Å². The van der Waals surface area contributed by atoms with Crippen molar-refractivity contribution in [2.45, 2.75) is 31.7 Å². The first-order valence-corrected chi connectivity index (χ1v) is 5.27. The Bertz CT molecular complexity index is 511. The molecule has 0 unspecified atom stereocenters. The van der Waals surface area contributed by atoms with Crippen LogP contribution in [0.3, 0.4) is 0 Å². The van der Waals surface area contributed by atoms with Crippen LogP contribution in [-0.2, 0) is 12.0 Å². The third-order valence-corrected chi connectivity index (χ3v) is 2.96. The molecule has 2 aromatic rings. The number of nitrogen functional groups attached to an aromatic ring is 1. The highest BCUT2D eigenvalue weighted by Gasteiger charge is 2.43. The van der Waals surface area contributed by atoms with Crippen molar-refractivity contribution in [1.82, 2.24) is 19.9 Å². The molecule has 3 rings (SSSR count). The fourth-order valence-corrected chi connectivity index (χ4v) is 1.58. The maximum absolute atomic E-state index is 5.57. The summed E-state index contributed by atoms with van der Waals surface area (Å²) in [4.78, 5) is 4.37. The summed E-state index contributed by atoms with van der Waals surface area (Å²) in [5, 5.41) is 8.06. The molecule has 84 valence electrons. The molecule has 1 aliphatic carbocycles. The minimum absolute atomic E-state index is 0.144. The molecule has 0 aromatic carbocycles. The first kappa shape index (κ1) is 9.38. The molecule has 0 bridgehead atoms. The third kappa shape index (κ3) is 1.56. The number of nitrogens with two attached hydrogens (primary N) is 1. The monoisotopic (exact) mass is 219 g/mol. The van der Waals surface area contributed by atoms with Gasteiger partial charge in [-0.2, -0.15) is 10.1 Å². The van der Waals surface area contributed by atoms with E-state index in [-0.39, 0.29) is 5.41 Å². The van der Waals surface area contributed by atoms with Crippen molar-refractivity contribution in [3.8, 4) is 0 Å². The molecule has 16 heavy (non-hydrogen) atoms. The number of hydrogen-bond donors (Lipinski definition) is 1. The third-order valence-electron chi connectivity index (χ3n) is 2.96. The van der Waals surface area contributed by atoms with Gasteiger partial charge in [-0.3, -0.25) is 4.68 Å². The van der Waals surface area contributed by atoms with Gasteiger partial charge in [0.1, 0.15) is 6.54 Å². The van der Waals surface area contributed by atoms with E-state index in [1.165, 1.54) is 0 Å². The van der Waals surface area contributed by atoms with Crippen LogP contribution in [0.2, 0.25) is 0 Å². The summed E-state index contributed by atoms with van der Waals surface area (Å²) in [5.74, 6) is 1.38. The van der Waals surface area contributed by atoms with Crippen molar-refractivity contribution in [1.29, 1.82) is 0 Å². The molecule has 0 atom stereocenters. The molecule has 2 heterocycles. The van der Waals surface area contributed by atoms with Crippen LogP contribution >= 0.6 is 0 Å². The molecule has 0 saturated heterocycles. The lowest BCUT2D eigenvalue weighted by Crippen LogP contribution is -2.04. The zero-order valence-corrected chi connectivity index (χ0v) is 9.05. The molecule has 0 spiro atoms. The predicted molar refractivity (Wildman–Crippen MR) is 56.6 cm³/mol. The van der Waals surface area contributed by atoms with Gasteiger partial charge in [0.25, 0.3) is 0 Å². The van der Waals surface area contributed by atoms with Crippen molar-refractivity contribution in [3.63, 3.8) is 0 Å². The standard InChI is InChI=1S/C10H13N5O/c1-10(2-3-10)9-13-8(16-14-9)6-15-5-7(11)4-12-15/h4-5H,2-3,6,11H2,1H3. The van der Waals surface area contributed by atoms with Crippen LogP contribution in [0.1, 0.15) is 31.5 Å². The van der Waals surface area contributed by atoms with Crippen LogP contribution in [0, 0.1) is 0 Å². The highest BCUT2D eigenvalue weighted by atomic mass is 16.5. The van der Waals surface area contributed by atoms with Crippen LogP contribution in [0.4, 0.5) is 5.69 Å². The first-order valence-electron chi connectivity index (χ1n) is 5.27. The van der Waals surface area contributed by atoms with Gasteiger partial charge >= 0.3 is 0 Å². The predicted octanol–water partition coefficient (Wildman–Crippen LogP) is 0.948. The van der Waals surface area contributed by atoms with Crippen molar-refractivity contribution < 1.29 is 4.52 Å². The summed E-state index contributed by atoms with van der Waals surface area (Å²) in [5.41, 5.74) is 6.34. The number of rotatable bonds is 3. The molecule has 1 saturated carbocycles. The molecule has 6 nitrogen and oxygen atoms in total. The molecular formula is C10H13N5O. The van der Waals surface area contributed by atoms with E-state index in [4.69, 9.17) is 10.3 Å². The zero-order valence-electron chi connectivity index (χ0n) is 9.05. The summed E-state index contributed by atoms with van der Waals surface area (Å²) < 4.78 is 6.86. The molecule has 2 aromatic heterocycles. The summed E-state index contributed by atoms with van der Waals surface area (Å²) in [7, 11) is 0. The van der Waals surface area contributed by atoms with E-state index >= 15 is 0 Å². The molecular weight excluding hydrogens is 206 g/mol. The molecule has 0 amide bonds. The van der Waals surface area contributed by atoms with E-state index in [0.717, 1.165) is 18.7 Å². The second-order valence-corrected chi connectivity index (χ2v) is 4.54. The Labute approximate surface area is 92.4 Å². The number of anilines is 1. The number of hydrogen-bond acceptors (Lipinski definition) is 5. The van der Waals surface area contributed by atoms with Gasteiger partial charge in [-0.15, -0.1) is 0 Å². The number of aromatic nitrogens is 4. The molecule has 6 heteroatoms. The summed E-state index contributed by atoms with van der Waals surface area (Å²) in [6.07, 6.45) is 5.61. The highest BCUT2D eigenvalue weighted by Crippen LogP contribution is 2.45. The summed E-state index contributed by atoms with van der Waals surface area (Å²) >= 11 is 0. The highest BCUT2D eigenvalue weighted by molar-refractivity contribution is 5.30. The first-order chi connectivity index (χ1) is 7.66. The molecule has 0 radical (unpaired) electrons. The van der Waals surface area contributed by atoms with Crippen LogP contribution in [-0.4, -0.2) is 19.9 Å². The molecule has 2 N–H and O–H groups in total. The SMILES string of the molecule is CC1(c2noc(Cn3cc(N)cn3)n2)CC1. The van der Waals surface area contributed by atoms with Gasteiger partial charge in [0.05, 0.1) is 11.9 Å². The lowest BCUT2D eigenvalue weighted by atomic mass is 10.1. The Morgan fingerprint density at radius 2 is 2.38 bits per heavy atom. The van der Waals surface area contributed by atoms with Crippen molar-refractivity contribution >= 4 is 5.69 Å². The number of nitrogens with zero attached hydrogens (tertiary/aromatic N) is 4. The lowest BCUT2D eigenvalue weighted by molar-refractivity contribution is 0.358. The molecule has 0 aliphatic heterocycles. The molecule has 1 fully saturated rings. The van der Waals surface area contributed by atoms with Gasteiger partial charge in [-0.1, -0.05) is 12.1 Å². The van der Waals surface area contributed by atoms with E-state index in [0.29, 0.717) is 18.1 Å². The van der Waals surface area contributed by atoms with Gasteiger partial charge in [-0.05, 0) is 12.8 Å². The Hall–Kier alpha value is -1.85. The molecule has 1 aliphatic rings. The van der Waals surface area contributed by atoms with Gasteiger partial charge in [-0.25, -0.2) is 0 Å². The Balaban J connectivity index is 1.78. The smallest absolute Gasteiger partial charge is 0.248 e. The van der Waals surface area contributed by atoms with Gasteiger partial charge in [0.2, 0.25) is 5.89 Å².